The van der Waals surface area contributed by atoms with Crippen LogP contribution in [0.3, 0.4) is 0 Å². The van der Waals surface area contributed by atoms with Crippen molar-refractivity contribution in [3.05, 3.63) is 35.4 Å². The molecular formula is C13H13NO6. The van der Waals surface area contributed by atoms with Crippen LogP contribution < -0.4 is 5.32 Å². The first kappa shape index (κ1) is 15.4. The van der Waals surface area contributed by atoms with Gasteiger partial charge in [-0.15, -0.1) is 0 Å². The van der Waals surface area contributed by atoms with Gasteiger partial charge < -0.3 is 15.5 Å². The van der Waals surface area contributed by atoms with Crippen molar-refractivity contribution >= 4 is 23.6 Å². The predicted octanol–water partition coefficient (Wildman–Crippen LogP) is 0.547. The molecule has 1 atom stereocenters. The number of Topliss-reactive ketones (excluding diaryl/α,β-unsaturated/α-hetero) is 1. The van der Waals surface area contributed by atoms with Gasteiger partial charge in [-0.3, -0.25) is 14.4 Å². The first-order valence-corrected chi connectivity index (χ1v) is 5.68. The summed E-state index contributed by atoms with van der Waals surface area (Å²) >= 11 is 0. The van der Waals surface area contributed by atoms with Gasteiger partial charge in [0.15, 0.2) is 5.78 Å². The Morgan fingerprint density at radius 1 is 1.10 bits per heavy atom. The van der Waals surface area contributed by atoms with Crippen molar-refractivity contribution in [1.29, 1.82) is 0 Å². The standard InChI is InChI=1S/C13H13NO6/c1-7(15)8-4-2-3-5-9(8)12(18)14-10(13(19)20)6-11(16)17/h2-5,10H,6H2,1H3,(H,14,18)(H,16,17)(H,19,20)/t10-/m0/s1. The number of carbonyl (C=O) groups is 4. The lowest BCUT2D eigenvalue weighted by molar-refractivity contribution is -0.145. The lowest BCUT2D eigenvalue weighted by atomic mass is 10.0. The van der Waals surface area contributed by atoms with Crippen LogP contribution in [0, 0.1) is 0 Å². The second-order valence-electron chi connectivity index (χ2n) is 4.06. The number of rotatable bonds is 6. The van der Waals surface area contributed by atoms with E-state index in [0.717, 1.165) is 0 Å². The summed E-state index contributed by atoms with van der Waals surface area (Å²) < 4.78 is 0. The van der Waals surface area contributed by atoms with Gasteiger partial charge in [0.2, 0.25) is 0 Å². The highest BCUT2D eigenvalue weighted by atomic mass is 16.4. The largest absolute Gasteiger partial charge is 0.481 e. The van der Waals surface area contributed by atoms with Crippen molar-refractivity contribution in [2.75, 3.05) is 0 Å². The fourth-order valence-corrected chi connectivity index (χ4v) is 1.60. The number of amides is 1. The molecule has 0 unspecified atom stereocenters. The third kappa shape index (κ3) is 3.91. The Morgan fingerprint density at radius 3 is 2.10 bits per heavy atom. The SMILES string of the molecule is CC(=O)c1ccccc1C(=O)N[C@@H](CC(=O)O)C(=O)O. The van der Waals surface area contributed by atoms with Gasteiger partial charge in [-0.25, -0.2) is 4.79 Å². The highest BCUT2D eigenvalue weighted by molar-refractivity contribution is 6.08. The molecule has 0 aliphatic heterocycles. The van der Waals surface area contributed by atoms with E-state index in [-0.39, 0.29) is 16.9 Å². The van der Waals surface area contributed by atoms with Gasteiger partial charge >= 0.3 is 11.9 Å². The number of carboxylic acid groups (broad SMARTS) is 2. The van der Waals surface area contributed by atoms with Crippen LogP contribution in [0.1, 0.15) is 34.1 Å². The first-order chi connectivity index (χ1) is 9.32. The molecule has 20 heavy (non-hydrogen) atoms. The first-order valence-electron chi connectivity index (χ1n) is 5.68. The van der Waals surface area contributed by atoms with Gasteiger partial charge in [-0.05, 0) is 13.0 Å². The van der Waals surface area contributed by atoms with E-state index in [0.29, 0.717) is 0 Å². The Kier molecular flexibility index (Phi) is 4.96. The quantitative estimate of drug-likeness (QED) is 0.654. The highest BCUT2D eigenvalue weighted by Gasteiger charge is 2.24. The summed E-state index contributed by atoms with van der Waals surface area (Å²) in [4.78, 5) is 44.7. The number of nitrogens with one attached hydrogen (secondary N) is 1. The number of aliphatic carboxylic acids is 2. The van der Waals surface area contributed by atoms with Gasteiger partial charge in [0.05, 0.1) is 12.0 Å². The van der Waals surface area contributed by atoms with E-state index >= 15 is 0 Å². The van der Waals surface area contributed by atoms with Gasteiger partial charge in [0, 0.05) is 5.56 Å². The molecule has 0 saturated heterocycles. The van der Waals surface area contributed by atoms with Crippen LogP contribution in [0.2, 0.25) is 0 Å². The summed E-state index contributed by atoms with van der Waals surface area (Å²) in [5.41, 5.74) is 0.154. The molecule has 0 saturated carbocycles. The maximum atomic E-state index is 11.9. The van der Waals surface area contributed by atoms with Gasteiger partial charge in [-0.1, -0.05) is 18.2 Å². The second kappa shape index (κ2) is 6.46. The molecule has 1 amide bonds. The number of carbonyl (C=O) groups excluding carboxylic acids is 2. The molecule has 0 spiro atoms. The maximum absolute atomic E-state index is 11.9. The molecule has 3 N–H and O–H groups in total. The molecule has 0 radical (unpaired) electrons. The Morgan fingerprint density at radius 2 is 1.65 bits per heavy atom. The molecule has 0 bridgehead atoms. The summed E-state index contributed by atoms with van der Waals surface area (Å²) in [5, 5.41) is 19.5. The van der Waals surface area contributed by atoms with E-state index < -0.39 is 30.3 Å². The molecule has 0 fully saturated rings. The molecule has 7 nitrogen and oxygen atoms in total. The zero-order chi connectivity index (χ0) is 15.3. The molecule has 1 aromatic carbocycles. The molecule has 0 aliphatic carbocycles. The average Bonchev–Trinajstić information content (AvgIpc) is 2.37. The second-order valence-corrected chi connectivity index (χ2v) is 4.06. The van der Waals surface area contributed by atoms with Crippen molar-refractivity contribution in [2.45, 2.75) is 19.4 Å². The summed E-state index contributed by atoms with van der Waals surface area (Å²) in [6.45, 7) is 1.28. The van der Waals surface area contributed by atoms with Crippen LogP contribution in [0.4, 0.5) is 0 Å². The Bertz CT molecular complexity index is 566. The zero-order valence-electron chi connectivity index (χ0n) is 10.6. The van der Waals surface area contributed by atoms with Crippen LogP contribution in [-0.2, 0) is 9.59 Å². The average molecular weight is 279 g/mol. The van der Waals surface area contributed by atoms with Crippen LogP contribution in [0.25, 0.3) is 0 Å². The van der Waals surface area contributed by atoms with E-state index in [1.54, 1.807) is 6.07 Å². The zero-order valence-corrected chi connectivity index (χ0v) is 10.6. The van der Waals surface area contributed by atoms with Crippen molar-refractivity contribution in [3.8, 4) is 0 Å². The number of hydrogen-bond donors (Lipinski definition) is 3. The number of carboxylic acids is 2. The number of benzene rings is 1. The minimum absolute atomic E-state index is 0.0108. The normalized spacial score (nSPS) is 11.4. The van der Waals surface area contributed by atoms with E-state index in [2.05, 4.69) is 5.32 Å². The number of hydrogen-bond acceptors (Lipinski definition) is 4. The Balaban J connectivity index is 2.98. The highest BCUT2D eigenvalue weighted by Crippen LogP contribution is 2.10. The van der Waals surface area contributed by atoms with Gasteiger partial charge in [-0.2, -0.15) is 0 Å². The molecule has 0 aromatic heterocycles. The van der Waals surface area contributed by atoms with E-state index in [4.69, 9.17) is 10.2 Å². The van der Waals surface area contributed by atoms with Gasteiger partial charge in [0.25, 0.3) is 5.91 Å². The smallest absolute Gasteiger partial charge is 0.326 e. The lowest BCUT2D eigenvalue weighted by Crippen LogP contribution is -2.42. The third-order valence-electron chi connectivity index (χ3n) is 2.53. The molecule has 7 heteroatoms. The van der Waals surface area contributed by atoms with Crippen LogP contribution >= 0.6 is 0 Å². The molecule has 0 aliphatic rings. The summed E-state index contributed by atoms with van der Waals surface area (Å²) in [6.07, 6.45) is -0.747. The third-order valence-corrected chi connectivity index (χ3v) is 2.53. The van der Waals surface area contributed by atoms with Gasteiger partial charge in [0.1, 0.15) is 6.04 Å². The van der Waals surface area contributed by atoms with E-state index in [1.165, 1.54) is 25.1 Å². The number of ketones is 1. The van der Waals surface area contributed by atoms with Crippen LogP contribution in [-0.4, -0.2) is 39.9 Å². The van der Waals surface area contributed by atoms with Crippen molar-refractivity contribution in [2.24, 2.45) is 0 Å². The minimum Gasteiger partial charge on any atom is -0.481 e. The van der Waals surface area contributed by atoms with Crippen molar-refractivity contribution < 1.29 is 29.4 Å². The van der Waals surface area contributed by atoms with E-state index in [9.17, 15) is 19.2 Å². The summed E-state index contributed by atoms with van der Waals surface area (Å²) in [6, 6.07) is 4.34. The molecule has 0 heterocycles. The van der Waals surface area contributed by atoms with E-state index in [1.807, 2.05) is 0 Å². The monoisotopic (exact) mass is 279 g/mol. The predicted molar refractivity (Wildman–Crippen MR) is 67.6 cm³/mol. The summed E-state index contributed by atoms with van der Waals surface area (Å²) in [5.74, 6) is -3.95. The molecule has 106 valence electrons. The van der Waals surface area contributed by atoms with Crippen LogP contribution in [0.5, 0.6) is 0 Å². The fraction of sp³-hybridized carbons (Fsp3) is 0.231. The topological polar surface area (TPSA) is 121 Å². The Labute approximate surface area is 114 Å². The van der Waals surface area contributed by atoms with Crippen molar-refractivity contribution in [1.82, 2.24) is 5.32 Å². The fourth-order valence-electron chi connectivity index (χ4n) is 1.60. The van der Waals surface area contributed by atoms with Crippen LogP contribution in [0.15, 0.2) is 24.3 Å². The molecule has 1 rings (SSSR count). The van der Waals surface area contributed by atoms with Crippen molar-refractivity contribution in [3.63, 3.8) is 0 Å². The maximum Gasteiger partial charge on any atom is 0.326 e. The molecule has 1 aromatic rings. The summed E-state index contributed by atoms with van der Waals surface area (Å²) in [7, 11) is 0. The lowest BCUT2D eigenvalue weighted by Gasteiger charge is -2.13. The minimum atomic E-state index is -1.56. The molecular weight excluding hydrogens is 266 g/mol. The Hall–Kier alpha value is -2.70.